The van der Waals surface area contributed by atoms with Crippen LogP contribution in [-0.2, 0) is 6.54 Å². The number of rotatable bonds is 6. The Hall–Kier alpha value is -1.18. The minimum absolute atomic E-state index is 0. The molecule has 0 saturated carbocycles. The van der Waals surface area contributed by atoms with Gasteiger partial charge in [-0.1, -0.05) is 6.07 Å². The van der Waals surface area contributed by atoms with Crippen LogP contribution in [-0.4, -0.2) is 36.4 Å². The fourth-order valence-electron chi connectivity index (χ4n) is 2.04. The van der Waals surface area contributed by atoms with Gasteiger partial charge in [-0.15, -0.1) is 36.2 Å². The lowest BCUT2D eigenvalue weighted by Gasteiger charge is -2.23. The lowest BCUT2D eigenvalue weighted by atomic mass is 10.2. The van der Waals surface area contributed by atoms with E-state index in [-0.39, 0.29) is 36.8 Å². The number of carbonyl (C=O) groups excluding carboxylic acids is 1. The number of hydrogen-bond donors (Lipinski definition) is 2. The molecule has 128 valence electrons. The Morgan fingerprint density at radius 1 is 1.39 bits per heavy atom. The van der Waals surface area contributed by atoms with Crippen LogP contribution < -0.4 is 11.1 Å². The molecule has 0 aromatic carbocycles. The molecule has 1 amide bonds. The van der Waals surface area contributed by atoms with E-state index in [2.05, 4.69) is 21.3 Å². The molecule has 0 aliphatic heterocycles. The third-order valence-electron chi connectivity index (χ3n) is 3.24. The number of likely N-dealkylation sites (N-methyl/N-ethyl adjacent to an activating group) is 1. The van der Waals surface area contributed by atoms with Gasteiger partial charge < -0.3 is 16.0 Å². The highest BCUT2D eigenvalue weighted by Crippen LogP contribution is 2.22. The van der Waals surface area contributed by atoms with Crippen LogP contribution in [0.4, 0.5) is 0 Å². The lowest BCUT2D eigenvalue weighted by Crippen LogP contribution is -2.34. The Balaban J connectivity index is 0.00000242. The summed E-state index contributed by atoms with van der Waals surface area (Å²) in [5, 5.41) is 5.02. The summed E-state index contributed by atoms with van der Waals surface area (Å²) in [6, 6.07) is 7.70. The highest BCUT2D eigenvalue weighted by Gasteiger charge is 2.16. The molecule has 0 bridgehead atoms. The van der Waals surface area contributed by atoms with Crippen LogP contribution in [0.3, 0.4) is 0 Å². The summed E-state index contributed by atoms with van der Waals surface area (Å²) in [6.45, 7) is 0.892. The molecule has 1 unspecified atom stereocenters. The van der Waals surface area contributed by atoms with Crippen molar-refractivity contribution in [3.8, 4) is 0 Å². The number of nitrogens with two attached hydrogens (primary N) is 1. The van der Waals surface area contributed by atoms with Gasteiger partial charge in [0, 0.05) is 29.7 Å². The average Bonchev–Trinajstić information content (AvgIpc) is 3.01. The quantitative estimate of drug-likeness (QED) is 0.812. The molecule has 2 rings (SSSR count). The molecule has 0 spiro atoms. The predicted molar refractivity (Wildman–Crippen MR) is 99.7 cm³/mol. The molecule has 23 heavy (non-hydrogen) atoms. The maximum atomic E-state index is 12.2. The molecular weight excluding hydrogens is 355 g/mol. The second-order valence-electron chi connectivity index (χ2n) is 4.94. The summed E-state index contributed by atoms with van der Waals surface area (Å²) in [5.41, 5.74) is 6.85. The second-order valence-corrected chi connectivity index (χ2v) is 5.92. The minimum Gasteiger partial charge on any atom is -0.350 e. The zero-order chi connectivity index (χ0) is 15.2. The van der Waals surface area contributed by atoms with Crippen molar-refractivity contribution in [2.75, 3.05) is 20.6 Å². The molecule has 0 aliphatic rings. The van der Waals surface area contributed by atoms with E-state index in [0.29, 0.717) is 24.3 Å². The lowest BCUT2D eigenvalue weighted by molar-refractivity contribution is 0.0942. The fraction of sp³-hybridized carbons (Fsp3) is 0.333. The Labute approximate surface area is 153 Å². The average molecular weight is 377 g/mol. The number of halogens is 2. The molecule has 2 heterocycles. The summed E-state index contributed by atoms with van der Waals surface area (Å²) in [6.07, 6.45) is 1.61. The number of hydrogen-bond acceptors (Lipinski definition) is 5. The van der Waals surface area contributed by atoms with Crippen molar-refractivity contribution < 1.29 is 4.79 Å². The molecule has 2 aromatic heterocycles. The highest BCUT2D eigenvalue weighted by molar-refractivity contribution is 7.10. The van der Waals surface area contributed by atoms with Gasteiger partial charge in [0.2, 0.25) is 0 Å². The molecule has 5 nitrogen and oxygen atoms in total. The molecule has 0 fully saturated rings. The van der Waals surface area contributed by atoms with Gasteiger partial charge in [0.25, 0.3) is 5.91 Å². The number of pyridine rings is 1. The summed E-state index contributed by atoms with van der Waals surface area (Å²) in [7, 11) is 4.02. The molecule has 3 N–H and O–H groups in total. The van der Waals surface area contributed by atoms with Gasteiger partial charge in [-0.3, -0.25) is 9.78 Å². The van der Waals surface area contributed by atoms with Crippen molar-refractivity contribution in [1.82, 2.24) is 15.2 Å². The van der Waals surface area contributed by atoms with E-state index >= 15 is 0 Å². The van der Waals surface area contributed by atoms with E-state index in [1.54, 1.807) is 29.7 Å². The Bertz CT molecular complexity index is 593. The normalized spacial score (nSPS) is 11.3. The topological polar surface area (TPSA) is 71.2 Å². The molecule has 0 aliphatic carbocycles. The third-order valence-corrected chi connectivity index (χ3v) is 4.21. The van der Waals surface area contributed by atoms with Crippen LogP contribution in [0.5, 0.6) is 0 Å². The molecular formula is C15H22Cl2N4OS. The smallest absolute Gasteiger partial charge is 0.251 e. The Morgan fingerprint density at radius 2 is 2.13 bits per heavy atom. The first-order valence-corrected chi connectivity index (χ1v) is 7.63. The van der Waals surface area contributed by atoms with Gasteiger partial charge in [-0.25, -0.2) is 0 Å². The van der Waals surface area contributed by atoms with Gasteiger partial charge >= 0.3 is 0 Å². The van der Waals surface area contributed by atoms with Gasteiger partial charge in [0.1, 0.15) is 0 Å². The summed E-state index contributed by atoms with van der Waals surface area (Å²) >= 11 is 1.69. The Kier molecular flexibility index (Phi) is 10.0. The summed E-state index contributed by atoms with van der Waals surface area (Å²) in [5.74, 6) is -0.101. The zero-order valence-electron chi connectivity index (χ0n) is 13.1. The van der Waals surface area contributed by atoms with Crippen molar-refractivity contribution >= 4 is 42.1 Å². The van der Waals surface area contributed by atoms with Crippen molar-refractivity contribution in [3.63, 3.8) is 0 Å². The standard InChI is InChI=1S/C15H20N4OS.2ClH/c1-19(2)13(14-4-3-7-21-14)10-18-15(20)11-5-6-17-12(8-11)9-16;;/h3-8,13H,9-10,16H2,1-2H3,(H,18,20);2*1H. The van der Waals surface area contributed by atoms with Gasteiger partial charge in [0.05, 0.1) is 11.7 Å². The van der Waals surface area contributed by atoms with Crippen LogP contribution >= 0.6 is 36.2 Å². The van der Waals surface area contributed by atoms with Crippen LogP contribution in [0.1, 0.15) is 27.0 Å². The Morgan fingerprint density at radius 3 is 2.70 bits per heavy atom. The third kappa shape index (κ3) is 6.08. The van der Waals surface area contributed by atoms with Crippen LogP contribution in [0.25, 0.3) is 0 Å². The zero-order valence-corrected chi connectivity index (χ0v) is 15.5. The van der Waals surface area contributed by atoms with E-state index < -0.39 is 0 Å². The maximum Gasteiger partial charge on any atom is 0.251 e. The van der Waals surface area contributed by atoms with Crippen molar-refractivity contribution in [3.05, 3.63) is 52.0 Å². The monoisotopic (exact) mass is 376 g/mol. The van der Waals surface area contributed by atoms with Crippen LogP contribution in [0.2, 0.25) is 0 Å². The molecule has 2 aromatic rings. The van der Waals surface area contributed by atoms with Crippen molar-refractivity contribution in [1.29, 1.82) is 0 Å². The summed E-state index contributed by atoms with van der Waals surface area (Å²) in [4.78, 5) is 19.6. The predicted octanol–water partition coefficient (Wildman–Crippen LogP) is 2.48. The van der Waals surface area contributed by atoms with E-state index in [0.717, 1.165) is 0 Å². The first-order valence-electron chi connectivity index (χ1n) is 6.75. The highest BCUT2D eigenvalue weighted by atomic mass is 35.5. The van der Waals surface area contributed by atoms with E-state index in [4.69, 9.17) is 5.73 Å². The number of nitrogens with one attached hydrogen (secondary N) is 1. The minimum atomic E-state index is -0.101. The molecule has 0 radical (unpaired) electrons. The van der Waals surface area contributed by atoms with Crippen LogP contribution in [0, 0.1) is 0 Å². The maximum absolute atomic E-state index is 12.2. The molecule has 0 saturated heterocycles. The number of thiophene rings is 1. The SMILES string of the molecule is CN(C)C(CNC(=O)c1ccnc(CN)c1)c1cccs1.Cl.Cl. The summed E-state index contributed by atoms with van der Waals surface area (Å²) < 4.78 is 0. The van der Waals surface area contributed by atoms with Crippen molar-refractivity contribution in [2.24, 2.45) is 5.73 Å². The van der Waals surface area contributed by atoms with Gasteiger partial charge in [-0.05, 0) is 37.7 Å². The second kappa shape index (κ2) is 10.6. The number of carbonyl (C=O) groups is 1. The van der Waals surface area contributed by atoms with Crippen molar-refractivity contribution in [2.45, 2.75) is 12.6 Å². The first-order chi connectivity index (χ1) is 10.1. The first kappa shape index (κ1) is 21.8. The van der Waals surface area contributed by atoms with E-state index in [9.17, 15) is 4.79 Å². The van der Waals surface area contributed by atoms with Gasteiger partial charge in [0.15, 0.2) is 0 Å². The fourth-order valence-corrected chi connectivity index (χ4v) is 2.96. The molecule has 8 heteroatoms. The van der Waals surface area contributed by atoms with Gasteiger partial charge in [-0.2, -0.15) is 0 Å². The van der Waals surface area contributed by atoms with E-state index in [1.807, 2.05) is 25.5 Å². The molecule has 1 atom stereocenters. The largest absolute Gasteiger partial charge is 0.350 e. The van der Waals surface area contributed by atoms with Crippen LogP contribution in [0.15, 0.2) is 35.8 Å². The number of aromatic nitrogens is 1. The van der Waals surface area contributed by atoms with E-state index in [1.165, 1.54) is 4.88 Å². The number of nitrogens with zero attached hydrogens (tertiary/aromatic N) is 2. The number of amides is 1.